The number of hydrogen-bond donors (Lipinski definition) is 2. The van der Waals surface area contributed by atoms with Crippen molar-refractivity contribution in [1.29, 1.82) is 5.26 Å². The number of hydrogen-bond acceptors (Lipinski definition) is 2. The predicted octanol–water partition coefficient (Wildman–Crippen LogP) is 2.15. The Kier molecular flexibility index (Phi) is 2.84. The van der Waals surface area contributed by atoms with Crippen molar-refractivity contribution in [3.63, 3.8) is 0 Å². The van der Waals surface area contributed by atoms with Crippen LogP contribution in [0.2, 0.25) is 0 Å². The highest BCUT2D eigenvalue weighted by Crippen LogP contribution is 2.27. The molecule has 1 saturated heterocycles. The highest BCUT2D eigenvalue weighted by Gasteiger charge is 2.30. The Labute approximate surface area is 110 Å². The van der Waals surface area contributed by atoms with Crippen LogP contribution in [0.1, 0.15) is 18.0 Å². The fraction of sp³-hybridized carbons (Fsp3) is 0.286. The molecule has 1 aromatic heterocycles. The number of nitriles is 1. The van der Waals surface area contributed by atoms with Gasteiger partial charge in [-0.15, -0.1) is 0 Å². The third-order valence-corrected chi connectivity index (χ3v) is 3.48. The van der Waals surface area contributed by atoms with Gasteiger partial charge in [0.1, 0.15) is 0 Å². The number of carbonyl (C=O) groups excluding carboxylic acids is 1. The summed E-state index contributed by atoms with van der Waals surface area (Å²) < 4.78 is 0. The maximum absolute atomic E-state index is 11.8. The number of aromatic amines is 1. The second-order valence-electron chi connectivity index (χ2n) is 4.65. The smallest absolute Gasteiger partial charge is 0.318 e. The summed E-state index contributed by atoms with van der Waals surface area (Å²) in [4.78, 5) is 16.7. The summed E-state index contributed by atoms with van der Waals surface area (Å²) in [6.45, 7) is 1.10. The zero-order chi connectivity index (χ0) is 13.2. The van der Waals surface area contributed by atoms with E-state index in [0.29, 0.717) is 19.5 Å². The van der Waals surface area contributed by atoms with Crippen LogP contribution >= 0.6 is 0 Å². The van der Waals surface area contributed by atoms with Gasteiger partial charge in [-0.3, -0.25) is 0 Å². The SMILES string of the molecule is N#CCCN1CC(c2c[nH]c3ccccc23)NC1=O. The molecular formula is C14H14N4O. The second kappa shape index (κ2) is 4.65. The number of H-pyrrole nitrogens is 1. The maximum atomic E-state index is 11.8. The van der Waals surface area contributed by atoms with Gasteiger partial charge in [-0.1, -0.05) is 18.2 Å². The minimum absolute atomic E-state index is 0.0117. The number of rotatable bonds is 3. The maximum Gasteiger partial charge on any atom is 0.318 e. The van der Waals surface area contributed by atoms with E-state index < -0.39 is 0 Å². The standard InChI is InChI=1S/C14H14N4O/c15-6-3-7-18-9-13(17-14(18)19)11-8-16-12-5-2-1-4-10(11)12/h1-2,4-5,8,13,16H,3,7,9H2,(H,17,19). The minimum Gasteiger partial charge on any atom is -0.361 e. The van der Waals surface area contributed by atoms with Crippen molar-refractivity contribution in [3.05, 3.63) is 36.0 Å². The van der Waals surface area contributed by atoms with E-state index in [9.17, 15) is 4.79 Å². The van der Waals surface area contributed by atoms with Gasteiger partial charge in [-0.2, -0.15) is 5.26 Å². The fourth-order valence-electron chi connectivity index (χ4n) is 2.53. The van der Waals surface area contributed by atoms with Crippen molar-refractivity contribution < 1.29 is 4.79 Å². The number of urea groups is 1. The van der Waals surface area contributed by atoms with Crippen LogP contribution < -0.4 is 5.32 Å². The van der Waals surface area contributed by atoms with Gasteiger partial charge in [0.25, 0.3) is 0 Å². The van der Waals surface area contributed by atoms with E-state index in [0.717, 1.165) is 16.5 Å². The Morgan fingerprint density at radius 3 is 3.11 bits per heavy atom. The number of nitrogens with one attached hydrogen (secondary N) is 2. The normalized spacial score (nSPS) is 18.6. The number of aromatic nitrogens is 1. The van der Waals surface area contributed by atoms with Crippen LogP contribution in [0.25, 0.3) is 10.9 Å². The third kappa shape index (κ3) is 2.02. The van der Waals surface area contributed by atoms with E-state index in [1.165, 1.54) is 0 Å². The van der Waals surface area contributed by atoms with Gasteiger partial charge < -0.3 is 15.2 Å². The average Bonchev–Trinajstić information content (AvgIpc) is 3.00. The number of amides is 2. The highest BCUT2D eigenvalue weighted by atomic mass is 16.2. The molecule has 2 N–H and O–H groups in total. The molecule has 1 unspecified atom stereocenters. The van der Waals surface area contributed by atoms with Gasteiger partial charge in [0.2, 0.25) is 0 Å². The number of fused-ring (bicyclic) bond motifs is 1. The summed E-state index contributed by atoms with van der Waals surface area (Å²) in [5.41, 5.74) is 2.17. The summed E-state index contributed by atoms with van der Waals surface area (Å²) in [6, 6.07) is 10.00. The molecule has 1 aliphatic rings. The summed E-state index contributed by atoms with van der Waals surface area (Å²) in [5, 5.41) is 12.7. The van der Waals surface area contributed by atoms with Gasteiger partial charge in [0.15, 0.2) is 0 Å². The van der Waals surface area contributed by atoms with Crippen LogP contribution in [0.3, 0.4) is 0 Å². The monoisotopic (exact) mass is 254 g/mol. The van der Waals surface area contributed by atoms with Crippen molar-refractivity contribution in [2.24, 2.45) is 0 Å². The molecule has 2 heterocycles. The zero-order valence-corrected chi connectivity index (χ0v) is 10.4. The molecule has 0 saturated carbocycles. The van der Waals surface area contributed by atoms with E-state index in [2.05, 4.69) is 16.4 Å². The Hall–Kier alpha value is -2.48. The number of nitrogens with zero attached hydrogens (tertiary/aromatic N) is 2. The summed E-state index contributed by atoms with van der Waals surface area (Å²) in [6.07, 6.45) is 2.32. The van der Waals surface area contributed by atoms with E-state index in [4.69, 9.17) is 5.26 Å². The molecule has 5 heteroatoms. The van der Waals surface area contributed by atoms with Gasteiger partial charge in [-0.05, 0) is 6.07 Å². The largest absolute Gasteiger partial charge is 0.361 e. The molecule has 96 valence electrons. The molecule has 1 aromatic carbocycles. The first-order valence-electron chi connectivity index (χ1n) is 6.28. The lowest BCUT2D eigenvalue weighted by Gasteiger charge is -2.11. The molecule has 1 aliphatic heterocycles. The molecule has 3 rings (SSSR count). The van der Waals surface area contributed by atoms with Crippen LogP contribution in [-0.4, -0.2) is 29.0 Å². The van der Waals surface area contributed by atoms with Gasteiger partial charge in [0, 0.05) is 35.8 Å². The summed E-state index contributed by atoms with van der Waals surface area (Å²) in [5.74, 6) is 0. The van der Waals surface area contributed by atoms with Crippen LogP contribution in [0.4, 0.5) is 4.79 Å². The number of para-hydroxylation sites is 1. The first-order chi connectivity index (χ1) is 9.29. The summed E-state index contributed by atoms with van der Waals surface area (Å²) in [7, 11) is 0. The third-order valence-electron chi connectivity index (χ3n) is 3.48. The first kappa shape index (κ1) is 11.6. The lowest BCUT2D eigenvalue weighted by Crippen LogP contribution is -2.28. The highest BCUT2D eigenvalue weighted by molar-refractivity contribution is 5.85. The number of carbonyl (C=O) groups is 1. The predicted molar refractivity (Wildman–Crippen MR) is 71.4 cm³/mol. The lowest BCUT2D eigenvalue weighted by molar-refractivity contribution is 0.218. The van der Waals surface area contributed by atoms with E-state index >= 15 is 0 Å². The van der Waals surface area contributed by atoms with Crippen LogP contribution in [-0.2, 0) is 0 Å². The Morgan fingerprint density at radius 2 is 2.26 bits per heavy atom. The van der Waals surface area contributed by atoms with Crippen molar-refractivity contribution in [2.75, 3.05) is 13.1 Å². The quantitative estimate of drug-likeness (QED) is 0.880. The van der Waals surface area contributed by atoms with Gasteiger partial charge in [-0.25, -0.2) is 4.79 Å². The molecule has 0 bridgehead atoms. The van der Waals surface area contributed by atoms with E-state index in [-0.39, 0.29) is 12.1 Å². The molecule has 1 fully saturated rings. The average molecular weight is 254 g/mol. The van der Waals surface area contributed by atoms with Crippen molar-refractivity contribution in [3.8, 4) is 6.07 Å². The van der Waals surface area contributed by atoms with Crippen LogP contribution in [0.5, 0.6) is 0 Å². The van der Waals surface area contributed by atoms with Crippen LogP contribution in [0, 0.1) is 11.3 Å². The molecule has 0 aliphatic carbocycles. The summed E-state index contributed by atoms with van der Waals surface area (Å²) >= 11 is 0. The Morgan fingerprint density at radius 1 is 1.42 bits per heavy atom. The molecule has 5 nitrogen and oxygen atoms in total. The molecule has 19 heavy (non-hydrogen) atoms. The van der Waals surface area contributed by atoms with E-state index in [1.807, 2.05) is 30.5 Å². The second-order valence-corrected chi connectivity index (χ2v) is 4.65. The molecule has 2 amide bonds. The zero-order valence-electron chi connectivity index (χ0n) is 10.4. The Bertz CT molecular complexity index is 655. The van der Waals surface area contributed by atoms with Gasteiger partial charge >= 0.3 is 6.03 Å². The fourth-order valence-corrected chi connectivity index (χ4v) is 2.53. The molecule has 0 spiro atoms. The van der Waals surface area contributed by atoms with Crippen LogP contribution in [0.15, 0.2) is 30.5 Å². The van der Waals surface area contributed by atoms with Crippen molar-refractivity contribution in [1.82, 2.24) is 15.2 Å². The molecule has 2 aromatic rings. The number of benzene rings is 1. The first-order valence-corrected chi connectivity index (χ1v) is 6.28. The topological polar surface area (TPSA) is 71.9 Å². The Balaban J connectivity index is 1.84. The minimum atomic E-state index is -0.0921. The van der Waals surface area contributed by atoms with Crippen molar-refractivity contribution >= 4 is 16.9 Å². The van der Waals surface area contributed by atoms with E-state index in [1.54, 1.807) is 4.90 Å². The van der Waals surface area contributed by atoms with Crippen molar-refractivity contribution in [2.45, 2.75) is 12.5 Å². The van der Waals surface area contributed by atoms with Gasteiger partial charge in [0.05, 0.1) is 18.5 Å². The lowest BCUT2D eigenvalue weighted by atomic mass is 10.1. The molecule has 1 atom stereocenters. The molecular weight excluding hydrogens is 240 g/mol. The molecule has 0 radical (unpaired) electrons.